The lowest BCUT2D eigenvalue weighted by molar-refractivity contribution is -0.123. The van der Waals surface area contributed by atoms with Crippen LogP contribution in [0.2, 0.25) is 0 Å². The number of hydrogen-bond acceptors (Lipinski definition) is 2. The Balaban J connectivity index is 2.15. The highest BCUT2D eigenvalue weighted by molar-refractivity contribution is 6.07. The number of benzene rings is 1. The van der Waals surface area contributed by atoms with Crippen molar-refractivity contribution in [2.45, 2.75) is 32.1 Å². The van der Waals surface area contributed by atoms with E-state index in [4.69, 9.17) is 0 Å². The van der Waals surface area contributed by atoms with Crippen molar-refractivity contribution in [1.29, 1.82) is 0 Å². The van der Waals surface area contributed by atoms with Gasteiger partial charge in [-0.05, 0) is 29.9 Å². The van der Waals surface area contributed by atoms with Gasteiger partial charge in [0.15, 0.2) is 0 Å². The Morgan fingerprint density at radius 3 is 2.75 bits per heavy atom. The number of rotatable bonds is 1. The summed E-state index contributed by atoms with van der Waals surface area (Å²) in [6, 6.07) is 7.87. The van der Waals surface area contributed by atoms with Gasteiger partial charge < -0.3 is 10.6 Å². The standard InChI is InChI=1S/C16H20N2O2/c1-10(2)12-9-17-14(19)7-8-16(12)11-5-3-4-6-13(11)18-15(16)20/h3-6,10,12H,7-9H2,1-2H3,(H,17,19)(H,18,20). The highest BCUT2D eigenvalue weighted by Gasteiger charge is 2.53. The van der Waals surface area contributed by atoms with Crippen LogP contribution in [-0.4, -0.2) is 18.4 Å². The van der Waals surface area contributed by atoms with E-state index in [2.05, 4.69) is 24.5 Å². The third-order valence-electron chi connectivity index (χ3n) is 4.76. The van der Waals surface area contributed by atoms with Gasteiger partial charge in [0.1, 0.15) is 0 Å². The minimum atomic E-state index is -0.566. The largest absolute Gasteiger partial charge is 0.356 e. The van der Waals surface area contributed by atoms with Crippen LogP contribution in [0, 0.1) is 11.8 Å². The summed E-state index contributed by atoms with van der Waals surface area (Å²) >= 11 is 0. The SMILES string of the molecule is CC(C)C1CNC(=O)CCC12C(=O)Nc1ccccc12. The van der Waals surface area contributed by atoms with Gasteiger partial charge in [0.25, 0.3) is 0 Å². The molecule has 2 atom stereocenters. The zero-order valence-corrected chi connectivity index (χ0v) is 11.9. The first-order valence-electron chi connectivity index (χ1n) is 7.23. The van der Waals surface area contributed by atoms with E-state index < -0.39 is 5.41 Å². The smallest absolute Gasteiger partial charge is 0.235 e. The first-order chi connectivity index (χ1) is 9.55. The molecule has 1 spiro atoms. The monoisotopic (exact) mass is 272 g/mol. The number of carbonyl (C=O) groups excluding carboxylic acids is 2. The summed E-state index contributed by atoms with van der Waals surface area (Å²) in [5, 5.41) is 5.97. The lowest BCUT2D eigenvalue weighted by Crippen LogP contribution is -2.46. The molecule has 0 aromatic heterocycles. The van der Waals surface area contributed by atoms with Crippen molar-refractivity contribution < 1.29 is 9.59 Å². The van der Waals surface area contributed by atoms with E-state index in [9.17, 15) is 9.59 Å². The number of amides is 2. The van der Waals surface area contributed by atoms with E-state index in [1.807, 2.05) is 24.3 Å². The van der Waals surface area contributed by atoms with Gasteiger partial charge in [0.05, 0.1) is 5.41 Å². The predicted octanol–water partition coefficient (Wildman–Crippen LogP) is 2.06. The number of anilines is 1. The van der Waals surface area contributed by atoms with Crippen LogP contribution in [0.15, 0.2) is 24.3 Å². The van der Waals surface area contributed by atoms with Crippen LogP contribution < -0.4 is 10.6 Å². The normalized spacial score (nSPS) is 29.1. The molecule has 4 nitrogen and oxygen atoms in total. The molecule has 3 rings (SSSR count). The Kier molecular flexibility index (Phi) is 3.04. The maximum Gasteiger partial charge on any atom is 0.235 e. The molecule has 106 valence electrons. The van der Waals surface area contributed by atoms with Gasteiger partial charge in [-0.3, -0.25) is 9.59 Å². The molecular weight excluding hydrogens is 252 g/mol. The second-order valence-electron chi connectivity index (χ2n) is 6.13. The van der Waals surface area contributed by atoms with Crippen LogP contribution in [0.5, 0.6) is 0 Å². The van der Waals surface area contributed by atoms with Crippen molar-refractivity contribution in [3.05, 3.63) is 29.8 Å². The Bertz CT molecular complexity index is 567. The van der Waals surface area contributed by atoms with E-state index in [1.54, 1.807) is 0 Å². The Morgan fingerprint density at radius 1 is 1.25 bits per heavy atom. The Morgan fingerprint density at radius 2 is 2.00 bits per heavy atom. The molecule has 4 heteroatoms. The minimum Gasteiger partial charge on any atom is -0.356 e. The molecule has 20 heavy (non-hydrogen) atoms. The number of hydrogen-bond donors (Lipinski definition) is 2. The lowest BCUT2D eigenvalue weighted by Gasteiger charge is -2.36. The maximum atomic E-state index is 12.7. The quantitative estimate of drug-likeness (QED) is 0.822. The van der Waals surface area contributed by atoms with E-state index >= 15 is 0 Å². The first kappa shape index (κ1) is 13.2. The van der Waals surface area contributed by atoms with Gasteiger partial charge in [-0.25, -0.2) is 0 Å². The average molecular weight is 272 g/mol. The summed E-state index contributed by atoms with van der Waals surface area (Å²) in [4.78, 5) is 24.5. The Labute approximate surface area is 118 Å². The first-order valence-corrected chi connectivity index (χ1v) is 7.23. The van der Waals surface area contributed by atoms with Crippen molar-refractivity contribution in [1.82, 2.24) is 5.32 Å². The molecule has 0 radical (unpaired) electrons. The van der Waals surface area contributed by atoms with E-state index in [1.165, 1.54) is 0 Å². The van der Waals surface area contributed by atoms with E-state index in [0.29, 0.717) is 25.3 Å². The second-order valence-corrected chi connectivity index (χ2v) is 6.13. The predicted molar refractivity (Wildman–Crippen MR) is 77.3 cm³/mol. The molecule has 2 aliphatic heterocycles. The van der Waals surface area contributed by atoms with Gasteiger partial charge in [0, 0.05) is 18.7 Å². The molecule has 2 N–H and O–H groups in total. The summed E-state index contributed by atoms with van der Waals surface area (Å²) in [5.41, 5.74) is 1.39. The number of para-hydroxylation sites is 1. The molecule has 1 aromatic rings. The zero-order chi connectivity index (χ0) is 14.3. The van der Waals surface area contributed by atoms with Crippen LogP contribution in [0.25, 0.3) is 0 Å². The Hall–Kier alpha value is -1.84. The van der Waals surface area contributed by atoms with Gasteiger partial charge in [0.2, 0.25) is 11.8 Å². The number of carbonyl (C=O) groups is 2. The van der Waals surface area contributed by atoms with Crippen molar-refractivity contribution in [3.8, 4) is 0 Å². The topological polar surface area (TPSA) is 58.2 Å². The molecule has 1 aromatic carbocycles. The van der Waals surface area contributed by atoms with Crippen LogP contribution in [0.1, 0.15) is 32.3 Å². The number of fused-ring (bicyclic) bond motifs is 2. The highest BCUT2D eigenvalue weighted by atomic mass is 16.2. The third kappa shape index (κ3) is 1.74. The average Bonchev–Trinajstić information content (AvgIpc) is 2.57. The van der Waals surface area contributed by atoms with E-state index in [-0.39, 0.29) is 17.7 Å². The molecule has 0 bridgehead atoms. The van der Waals surface area contributed by atoms with Crippen molar-refractivity contribution in [2.24, 2.45) is 11.8 Å². The van der Waals surface area contributed by atoms with E-state index in [0.717, 1.165) is 11.3 Å². The second kappa shape index (κ2) is 4.62. The molecule has 2 aliphatic rings. The van der Waals surface area contributed by atoms with Crippen LogP contribution in [-0.2, 0) is 15.0 Å². The van der Waals surface area contributed by atoms with Crippen LogP contribution in [0.4, 0.5) is 5.69 Å². The van der Waals surface area contributed by atoms with Crippen molar-refractivity contribution >= 4 is 17.5 Å². The summed E-state index contributed by atoms with van der Waals surface area (Å²) in [7, 11) is 0. The fraction of sp³-hybridized carbons (Fsp3) is 0.500. The van der Waals surface area contributed by atoms with Gasteiger partial charge in [-0.1, -0.05) is 32.0 Å². The van der Waals surface area contributed by atoms with Gasteiger partial charge in [-0.15, -0.1) is 0 Å². The van der Waals surface area contributed by atoms with Crippen molar-refractivity contribution in [2.75, 3.05) is 11.9 Å². The molecule has 1 fully saturated rings. The van der Waals surface area contributed by atoms with Gasteiger partial charge in [-0.2, -0.15) is 0 Å². The summed E-state index contributed by atoms with van der Waals surface area (Å²) in [6.07, 6.45) is 0.996. The highest BCUT2D eigenvalue weighted by Crippen LogP contribution is 2.49. The fourth-order valence-electron chi connectivity index (χ4n) is 3.74. The number of nitrogens with one attached hydrogen (secondary N) is 2. The molecule has 2 heterocycles. The summed E-state index contributed by atoms with van der Waals surface area (Å²) in [6.45, 7) is 4.81. The summed E-state index contributed by atoms with van der Waals surface area (Å²) < 4.78 is 0. The molecule has 0 saturated carbocycles. The van der Waals surface area contributed by atoms with Crippen LogP contribution >= 0.6 is 0 Å². The molecule has 0 aliphatic carbocycles. The zero-order valence-electron chi connectivity index (χ0n) is 11.9. The maximum absolute atomic E-state index is 12.7. The molecular formula is C16H20N2O2. The van der Waals surface area contributed by atoms with Gasteiger partial charge >= 0.3 is 0 Å². The molecule has 2 unspecified atom stereocenters. The third-order valence-corrected chi connectivity index (χ3v) is 4.76. The lowest BCUT2D eigenvalue weighted by atomic mass is 9.65. The summed E-state index contributed by atoms with van der Waals surface area (Å²) in [5.74, 6) is 0.543. The van der Waals surface area contributed by atoms with Crippen LogP contribution in [0.3, 0.4) is 0 Å². The van der Waals surface area contributed by atoms with Crippen molar-refractivity contribution in [3.63, 3.8) is 0 Å². The molecule has 1 saturated heterocycles. The fourth-order valence-corrected chi connectivity index (χ4v) is 3.74. The molecule has 2 amide bonds. The minimum absolute atomic E-state index is 0.0460.